The molecule has 10 heteroatoms. The number of carbonyl (C=O) groups is 3. The van der Waals surface area contributed by atoms with E-state index in [1.165, 1.54) is 35.5 Å². The molecule has 1 aromatic carbocycles. The second kappa shape index (κ2) is 13.9. The first-order chi connectivity index (χ1) is 17.3. The van der Waals surface area contributed by atoms with Gasteiger partial charge in [0.1, 0.15) is 12.3 Å². The SMILES string of the molecule is COc1ccc(C(=O)N(CC(=O)Nc2nc(CC(=O)NCCN3CCCCC3)cs2)CC(C)C)cc1. The summed E-state index contributed by atoms with van der Waals surface area (Å²) in [6, 6.07) is 6.83. The van der Waals surface area contributed by atoms with Crippen LogP contribution in [-0.4, -0.2) is 78.9 Å². The fraction of sp³-hybridized carbons (Fsp3) is 0.538. The van der Waals surface area contributed by atoms with Gasteiger partial charge in [0.05, 0.1) is 19.2 Å². The Balaban J connectivity index is 1.48. The van der Waals surface area contributed by atoms with E-state index in [1.54, 1.807) is 36.8 Å². The molecule has 3 rings (SSSR count). The van der Waals surface area contributed by atoms with Gasteiger partial charge in [-0.3, -0.25) is 14.4 Å². The molecule has 0 saturated carbocycles. The molecule has 1 aromatic heterocycles. The third-order valence-corrected chi connectivity index (χ3v) is 6.69. The van der Waals surface area contributed by atoms with Crippen molar-refractivity contribution in [1.82, 2.24) is 20.1 Å². The molecule has 1 fully saturated rings. The molecular weight excluding hydrogens is 478 g/mol. The molecule has 0 radical (unpaired) electrons. The minimum Gasteiger partial charge on any atom is -0.497 e. The average Bonchev–Trinajstić information content (AvgIpc) is 3.29. The number of hydrogen-bond donors (Lipinski definition) is 2. The first-order valence-corrected chi connectivity index (χ1v) is 13.4. The number of aromatic nitrogens is 1. The van der Waals surface area contributed by atoms with Gasteiger partial charge in [-0.15, -0.1) is 11.3 Å². The number of nitrogens with one attached hydrogen (secondary N) is 2. The van der Waals surface area contributed by atoms with Gasteiger partial charge in [0.15, 0.2) is 5.13 Å². The first-order valence-electron chi connectivity index (χ1n) is 12.5. The predicted molar refractivity (Wildman–Crippen MR) is 141 cm³/mol. The van der Waals surface area contributed by atoms with E-state index in [4.69, 9.17) is 4.74 Å². The Morgan fingerprint density at radius 1 is 1.11 bits per heavy atom. The van der Waals surface area contributed by atoms with E-state index < -0.39 is 0 Å². The third-order valence-electron chi connectivity index (χ3n) is 5.88. The van der Waals surface area contributed by atoms with Gasteiger partial charge in [-0.2, -0.15) is 0 Å². The van der Waals surface area contributed by atoms with Crippen LogP contribution in [0, 0.1) is 5.92 Å². The summed E-state index contributed by atoms with van der Waals surface area (Å²) in [5.74, 6) is 0.227. The van der Waals surface area contributed by atoms with Gasteiger partial charge in [-0.1, -0.05) is 20.3 Å². The molecular formula is C26H37N5O4S. The summed E-state index contributed by atoms with van der Waals surface area (Å²) in [7, 11) is 1.57. The largest absolute Gasteiger partial charge is 0.497 e. The summed E-state index contributed by atoms with van der Waals surface area (Å²) in [5.41, 5.74) is 1.10. The zero-order valence-electron chi connectivity index (χ0n) is 21.4. The number of ether oxygens (including phenoxy) is 1. The zero-order chi connectivity index (χ0) is 25.9. The molecule has 1 aliphatic heterocycles. The van der Waals surface area contributed by atoms with Gasteiger partial charge in [0, 0.05) is 30.6 Å². The number of likely N-dealkylation sites (tertiary alicyclic amines) is 1. The van der Waals surface area contributed by atoms with E-state index in [0.717, 1.165) is 19.6 Å². The maximum atomic E-state index is 13.0. The lowest BCUT2D eigenvalue weighted by Crippen LogP contribution is -2.40. The summed E-state index contributed by atoms with van der Waals surface area (Å²) in [4.78, 5) is 46.3. The highest BCUT2D eigenvalue weighted by atomic mass is 32.1. The molecule has 2 aromatic rings. The fourth-order valence-electron chi connectivity index (χ4n) is 4.12. The highest BCUT2D eigenvalue weighted by molar-refractivity contribution is 7.13. The maximum absolute atomic E-state index is 13.0. The van der Waals surface area contributed by atoms with Crippen LogP contribution in [0.3, 0.4) is 0 Å². The molecule has 0 bridgehead atoms. The molecule has 2 N–H and O–H groups in total. The molecule has 0 aliphatic carbocycles. The number of benzene rings is 1. The minimum absolute atomic E-state index is 0.0802. The van der Waals surface area contributed by atoms with E-state index in [1.807, 2.05) is 13.8 Å². The number of carbonyl (C=O) groups excluding carboxylic acids is 3. The number of amides is 3. The van der Waals surface area contributed by atoms with Gasteiger partial charge < -0.3 is 25.2 Å². The normalized spacial score (nSPS) is 13.9. The third kappa shape index (κ3) is 8.91. The Kier molecular flexibility index (Phi) is 10.7. The Morgan fingerprint density at radius 2 is 1.83 bits per heavy atom. The summed E-state index contributed by atoms with van der Waals surface area (Å²) >= 11 is 1.27. The van der Waals surface area contributed by atoms with E-state index in [2.05, 4.69) is 20.5 Å². The van der Waals surface area contributed by atoms with Gasteiger partial charge in [0.25, 0.3) is 5.91 Å². The monoisotopic (exact) mass is 515 g/mol. The quantitative estimate of drug-likeness (QED) is 0.450. The second-order valence-corrected chi connectivity index (χ2v) is 10.3. The van der Waals surface area contributed by atoms with Crippen LogP contribution in [0.15, 0.2) is 29.6 Å². The molecule has 3 amide bonds. The van der Waals surface area contributed by atoms with Crippen molar-refractivity contribution in [3.63, 3.8) is 0 Å². The molecule has 9 nitrogen and oxygen atoms in total. The van der Waals surface area contributed by atoms with Gasteiger partial charge in [-0.05, 0) is 56.1 Å². The van der Waals surface area contributed by atoms with E-state index in [0.29, 0.717) is 35.2 Å². The molecule has 36 heavy (non-hydrogen) atoms. The van der Waals surface area contributed by atoms with Crippen molar-refractivity contribution in [3.05, 3.63) is 40.9 Å². The van der Waals surface area contributed by atoms with E-state index >= 15 is 0 Å². The Labute approximate surface area is 217 Å². The lowest BCUT2D eigenvalue weighted by Gasteiger charge is -2.26. The van der Waals surface area contributed by atoms with Crippen molar-refractivity contribution in [3.8, 4) is 5.75 Å². The topological polar surface area (TPSA) is 104 Å². The van der Waals surface area contributed by atoms with E-state index in [-0.39, 0.29) is 36.6 Å². The average molecular weight is 516 g/mol. The van der Waals surface area contributed by atoms with E-state index in [9.17, 15) is 14.4 Å². The molecule has 2 heterocycles. The van der Waals surface area contributed by atoms with Gasteiger partial charge in [0.2, 0.25) is 11.8 Å². The Bertz CT molecular complexity index is 1000. The zero-order valence-corrected chi connectivity index (χ0v) is 22.2. The fourth-order valence-corrected chi connectivity index (χ4v) is 4.84. The highest BCUT2D eigenvalue weighted by Crippen LogP contribution is 2.17. The van der Waals surface area contributed by atoms with Crippen LogP contribution in [0.5, 0.6) is 5.75 Å². The predicted octanol–water partition coefficient (Wildman–Crippen LogP) is 3.03. The van der Waals surface area contributed by atoms with Crippen LogP contribution in [0.25, 0.3) is 0 Å². The summed E-state index contributed by atoms with van der Waals surface area (Å²) in [6.45, 7) is 8.05. The molecule has 1 aliphatic rings. The van der Waals surface area contributed by atoms with Gasteiger partial charge in [-0.25, -0.2) is 4.98 Å². The summed E-state index contributed by atoms with van der Waals surface area (Å²) in [6.07, 6.45) is 3.92. The summed E-state index contributed by atoms with van der Waals surface area (Å²) < 4.78 is 5.15. The van der Waals surface area contributed by atoms with Crippen molar-refractivity contribution in [2.75, 3.05) is 51.7 Å². The number of methoxy groups -OCH3 is 1. The number of hydrogen-bond acceptors (Lipinski definition) is 7. The number of piperidine rings is 1. The lowest BCUT2D eigenvalue weighted by atomic mass is 10.1. The minimum atomic E-state index is -0.329. The molecule has 196 valence electrons. The van der Waals surface area contributed by atoms with Crippen LogP contribution in [0.4, 0.5) is 5.13 Å². The van der Waals surface area contributed by atoms with Crippen LogP contribution in [0.1, 0.15) is 49.2 Å². The summed E-state index contributed by atoms with van der Waals surface area (Å²) in [5, 5.41) is 7.91. The first kappa shape index (κ1) is 27.6. The van der Waals surface area contributed by atoms with Crippen molar-refractivity contribution in [2.45, 2.75) is 39.5 Å². The van der Waals surface area contributed by atoms with Gasteiger partial charge >= 0.3 is 0 Å². The molecule has 0 atom stereocenters. The number of rotatable bonds is 12. The van der Waals surface area contributed by atoms with Crippen molar-refractivity contribution in [1.29, 1.82) is 0 Å². The molecule has 0 spiro atoms. The number of thiazole rings is 1. The standard InChI is InChI=1S/C26H37N5O4S/c1-19(2)16-31(25(34)20-7-9-22(35-3)10-8-20)17-24(33)29-26-28-21(18-36-26)15-23(32)27-11-14-30-12-5-4-6-13-30/h7-10,18-19H,4-6,11-17H2,1-3H3,(H,27,32)(H,28,29,33). The van der Waals surface area contributed by atoms with Crippen molar-refractivity contribution < 1.29 is 19.1 Å². The molecule has 0 unspecified atom stereocenters. The van der Waals surface area contributed by atoms with Crippen LogP contribution in [-0.2, 0) is 16.0 Å². The smallest absolute Gasteiger partial charge is 0.254 e. The highest BCUT2D eigenvalue weighted by Gasteiger charge is 2.21. The lowest BCUT2D eigenvalue weighted by molar-refractivity contribution is -0.120. The Hall–Kier alpha value is -2.98. The maximum Gasteiger partial charge on any atom is 0.254 e. The Morgan fingerprint density at radius 3 is 2.50 bits per heavy atom. The number of anilines is 1. The van der Waals surface area contributed by atoms with Crippen molar-refractivity contribution in [2.24, 2.45) is 5.92 Å². The van der Waals surface area contributed by atoms with Crippen LogP contribution < -0.4 is 15.4 Å². The van der Waals surface area contributed by atoms with Crippen LogP contribution in [0.2, 0.25) is 0 Å². The second-order valence-electron chi connectivity index (χ2n) is 9.43. The molecule has 1 saturated heterocycles. The van der Waals surface area contributed by atoms with Crippen LogP contribution >= 0.6 is 11.3 Å². The van der Waals surface area contributed by atoms with Crippen molar-refractivity contribution >= 4 is 34.2 Å². The number of nitrogens with zero attached hydrogens (tertiary/aromatic N) is 3.